The lowest BCUT2D eigenvalue weighted by Crippen LogP contribution is -2.54. The summed E-state index contributed by atoms with van der Waals surface area (Å²) < 4.78 is 1.99. The minimum absolute atomic E-state index is 0.0949. The third kappa shape index (κ3) is 3.30. The van der Waals surface area contributed by atoms with Crippen LogP contribution in [0.25, 0.3) is 11.8 Å². The molecule has 0 saturated carbocycles. The Morgan fingerprint density at radius 1 is 0.967 bits per heavy atom. The van der Waals surface area contributed by atoms with Gasteiger partial charge in [0.2, 0.25) is 0 Å². The first-order valence-corrected chi connectivity index (χ1v) is 9.44. The minimum atomic E-state index is -0.756. The zero-order valence-corrected chi connectivity index (χ0v) is 16.8. The molecule has 3 heterocycles. The number of aryl methyl sites for hydroxylation is 2. The summed E-state index contributed by atoms with van der Waals surface area (Å²) in [5, 5.41) is 2.26. The molecule has 1 saturated heterocycles. The van der Waals surface area contributed by atoms with E-state index in [4.69, 9.17) is 0 Å². The highest BCUT2D eigenvalue weighted by Gasteiger charge is 2.37. The van der Waals surface area contributed by atoms with E-state index in [1.165, 1.54) is 6.08 Å². The highest BCUT2D eigenvalue weighted by atomic mass is 16.2. The summed E-state index contributed by atoms with van der Waals surface area (Å²) in [6.07, 6.45) is 4.97. The molecule has 7 nitrogen and oxygen atoms in total. The lowest BCUT2D eigenvalue weighted by Gasteiger charge is -2.26. The van der Waals surface area contributed by atoms with Gasteiger partial charge in [-0.2, -0.15) is 0 Å². The molecule has 1 aromatic carbocycles. The topological polar surface area (TPSA) is 84.3 Å². The van der Waals surface area contributed by atoms with Gasteiger partial charge in [-0.15, -0.1) is 0 Å². The molecule has 0 atom stereocenters. The number of hydrogen-bond acceptors (Lipinski definition) is 4. The van der Waals surface area contributed by atoms with Gasteiger partial charge in [0.15, 0.2) is 0 Å². The molecule has 3 aromatic rings. The molecule has 4 rings (SSSR count). The number of aromatic nitrogens is 2. The van der Waals surface area contributed by atoms with Crippen molar-refractivity contribution in [1.29, 1.82) is 0 Å². The summed E-state index contributed by atoms with van der Waals surface area (Å²) in [6.45, 7) is 5.71. The van der Waals surface area contributed by atoms with Crippen LogP contribution >= 0.6 is 0 Å². The molecule has 150 valence electrons. The standard InChI is InChI=1S/C23H20N4O3/c1-14-6-4-7-18(10-14)27-22(29)20(21(28)25-23(27)30)12-17-11-15(2)26(16(17)3)19-8-5-9-24-13-19/h4-13H,1-3H3,(H,25,28,30). The maximum absolute atomic E-state index is 13.1. The minimum Gasteiger partial charge on any atom is -0.316 e. The van der Waals surface area contributed by atoms with E-state index in [0.717, 1.165) is 27.5 Å². The maximum Gasteiger partial charge on any atom is 0.335 e. The average molecular weight is 400 g/mol. The second-order valence-corrected chi connectivity index (χ2v) is 7.17. The van der Waals surface area contributed by atoms with Gasteiger partial charge < -0.3 is 4.57 Å². The predicted octanol–water partition coefficient (Wildman–Crippen LogP) is 3.46. The van der Waals surface area contributed by atoms with Gasteiger partial charge in [-0.25, -0.2) is 9.69 Å². The zero-order chi connectivity index (χ0) is 21.4. The van der Waals surface area contributed by atoms with Gasteiger partial charge in [0.1, 0.15) is 5.57 Å². The van der Waals surface area contributed by atoms with Crippen LogP contribution in [0.2, 0.25) is 0 Å². The summed E-state index contributed by atoms with van der Waals surface area (Å²) in [4.78, 5) is 43.1. The number of benzene rings is 1. The number of barbiturate groups is 1. The Morgan fingerprint density at radius 3 is 2.43 bits per heavy atom. The number of carbonyl (C=O) groups excluding carboxylic acids is 3. The number of hydrogen-bond donors (Lipinski definition) is 1. The molecule has 0 spiro atoms. The van der Waals surface area contributed by atoms with E-state index in [-0.39, 0.29) is 5.57 Å². The zero-order valence-electron chi connectivity index (χ0n) is 16.8. The second-order valence-electron chi connectivity index (χ2n) is 7.17. The summed E-state index contributed by atoms with van der Waals surface area (Å²) >= 11 is 0. The number of rotatable bonds is 3. The van der Waals surface area contributed by atoms with Crippen molar-refractivity contribution >= 4 is 29.6 Å². The smallest absolute Gasteiger partial charge is 0.316 e. The largest absolute Gasteiger partial charge is 0.335 e. The molecule has 0 unspecified atom stereocenters. The first kappa shape index (κ1) is 19.3. The first-order valence-electron chi connectivity index (χ1n) is 9.44. The van der Waals surface area contributed by atoms with E-state index in [9.17, 15) is 14.4 Å². The Kier molecular flexibility index (Phi) is 4.79. The lowest BCUT2D eigenvalue weighted by atomic mass is 10.1. The summed E-state index contributed by atoms with van der Waals surface area (Å²) in [5.74, 6) is -1.36. The lowest BCUT2D eigenvalue weighted by molar-refractivity contribution is -0.122. The Bertz CT molecular complexity index is 1210. The van der Waals surface area contributed by atoms with E-state index in [1.54, 1.807) is 30.6 Å². The van der Waals surface area contributed by atoms with Crippen LogP contribution in [0.5, 0.6) is 0 Å². The SMILES string of the molecule is Cc1cccc(N2C(=O)NC(=O)C(=Cc3cc(C)n(-c4cccnc4)c3C)C2=O)c1. The van der Waals surface area contributed by atoms with Crippen molar-refractivity contribution < 1.29 is 14.4 Å². The van der Waals surface area contributed by atoms with E-state index in [1.807, 2.05) is 49.6 Å². The molecule has 0 bridgehead atoms. The number of anilines is 1. The second kappa shape index (κ2) is 7.44. The van der Waals surface area contributed by atoms with Crippen LogP contribution in [0, 0.1) is 20.8 Å². The molecule has 0 aliphatic carbocycles. The van der Waals surface area contributed by atoms with Crippen molar-refractivity contribution in [1.82, 2.24) is 14.9 Å². The van der Waals surface area contributed by atoms with Crippen LogP contribution in [0.15, 0.2) is 60.4 Å². The van der Waals surface area contributed by atoms with E-state index < -0.39 is 17.8 Å². The predicted molar refractivity (Wildman–Crippen MR) is 113 cm³/mol. The Balaban J connectivity index is 1.77. The van der Waals surface area contributed by atoms with Crippen molar-refractivity contribution in [2.24, 2.45) is 0 Å². The number of carbonyl (C=O) groups is 3. The van der Waals surface area contributed by atoms with Crippen LogP contribution in [0.4, 0.5) is 10.5 Å². The summed E-state index contributed by atoms with van der Waals surface area (Å²) in [7, 11) is 0. The third-order valence-electron chi connectivity index (χ3n) is 5.04. The van der Waals surface area contributed by atoms with Crippen LogP contribution in [0.1, 0.15) is 22.5 Å². The molecule has 1 aliphatic rings. The number of amides is 4. The van der Waals surface area contributed by atoms with E-state index in [0.29, 0.717) is 11.3 Å². The molecule has 0 radical (unpaired) electrons. The first-order chi connectivity index (χ1) is 14.4. The van der Waals surface area contributed by atoms with Gasteiger partial charge in [-0.05, 0) is 68.3 Å². The summed E-state index contributed by atoms with van der Waals surface area (Å²) in [6, 6.07) is 11.9. The third-order valence-corrected chi connectivity index (χ3v) is 5.04. The Morgan fingerprint density at radius 2 is 1.73 bits per heavy atom. The maximum atomic E-state index is 13.1. The van der Waals surface area contributed by atoms with Crippen molar-refractivity contribution in [3.8, 4) is 5.69 Å². The van der Waals surface area contributed by atoms with Crippen molar-refractivity contribution in [2.45, 2.75) is 20.8 Å². The van der Waals surface area contributed by atoms with E-state index >= 15 is 0 Å². The van der Waals surface area contributed by atoms with Gasteiger partial charge in [-0.1, -0.05) is 12.1 Å². The van der Waals surface area contributed by atoms with Crippen LogP contribution in [-0.4, -0.2) is 27.4 Å². The normalized spacial score (nSPS) is 15.6. The molecule has 7 heteroatoms. The molecular weight excluding hydrogens is 380 g/mol. The molecule has 1 N–H and O–H groups in total. The fourth-order valence-electron chi connectivity index (χ4n) is 3.63. The molecular formula is C23H20N4O3. The molecule has 1 aliphatic heterocycles. The monoisotopic (exact) mass is 400 g/mol. The van der Waals surface area contributed by atoms with Crippen LogP contribution in [0.3, 0.4) is 0 Å². The fraction of sp³-hybridized carbons (Fsp3) is 0.130. The molecule has 30 heavy (non-hydrogen) atoms. The van der Waals surface area contributed by atoms with Gasteiger partial charge in [0.25, 0.3) is 11.8 Å². The quantitative estimate of drug-likeness (QED) is 0.539. The van der Waals surface area contributed by atoms with Crippen LogP contribution in [-0.2, 0) is 9.59 Å². The number of pyridine rings is 1. The molecule has 4 amide bonds. The molecule has 1 fully saturated rings. The fourth-order valence-corrected chi connectivity index (χ4v) is 3.63. The van der Waals surface area contributed by atoms with Gasteiger partial charge >= 0.3 is 6.03 Å². The van der Waals surface area contributed by atoms with Crippen molar-refractivity contribution in [2.75, 3.05) is 4.90 Å². The van der Waals surface area contributed by atoms with Gasteiger partial charge in [0.05, 0.1) is 17.6 Å². The Labute approximate surface area is 173 Å². The van der Waals surface area contributed by atoms with E-state index in [2.05, 4.69) is 10.3 Å². The number of imide groups is 2. The molecule has 2 aromatic heterocycles. The number of urea groups is 1. The van der Waals surface area contributed by atoms with Gasteiger partial charge in [-0.3, -0.25) is 19.9 Å². The Hall–Kier alpha value is -4.00. The van der Waals surface area contributed by atoms with Crippen LogP contribution < -0.4 is 10.2 Å². The summed E-state index contributed by atoms with van der Waals surface area (Å²) in [5.41, 5.74) is 4.60. The van der Waals surface area contributed by atoms with Crippen molar-refractivity contribution in [3.05, 3.63) is 82.9 Å². The average Bonchev–Trinajstić information content (AvgIpc) is 2.99. The highest BCUT2D eigenvalue weighted by molar-refractivity contribution is 6.39. The number of nitrogens with one attached hydrogen (secondary N) is 1. The van der Waals surface area contributed by atoms with Crippen molar-refractivity contribution in [3.63, 3.8) is 0 Å². The van der Waals surface area contributed by atoms with Gasteiger partial charge in [0, 0.05) is 17.6 Å². The number of nitrogens with zero attached hydrogens (tertiary/aromatic N) is 3. The highest BCUT2D eigenvalue weighted by Crippen LogP contribution is 2.26.